The van der Waals surface area contributed by atoms with Gasteiger partial charge in [0.1, 0.15) is 12.6 Å². The van der Waals surface area contributed by atoms with Gasteiger partial charge in [0.15, 0.2) is 0 Å². The van der Waals surface area contributed by atoms with E-state index in [0.29, 0.717) is 0 Å². The summed E-state index contributed by atoms with van der Waals surface area (Å²) in [5.74, 6) is -0.944. The number of halogens is 3. The van der Waals surface area contributed by atoms with Crippen molar-refractivity contribution in [2.45, 2.75) is 51.2 Å². The van der Waals surface area contributed by atoms with Crippen LogP contribution in [0.4, 0.5) is 5.69 Å². The molecule has 0 heterocycles. The molecule has 3 aromatic rings. The number of carbonyl (C=O) groups is 2. The van der Waals surface area contributed by atoms with E-state index in [1.165, 1.54) is 29.2 Å². The van der Waals surface area contributed by atoms with Gasteiger partial charge in [-0.2, -0.15) is 0 Å². The molecule has 2 amide bonds. The average molecular weight is 655 g/mol. The second-order valence-electron chi connectivity index (χ2n) is 9.39. The summed E-state index contributed by atoms with van der Waals surface area (Å²) >= 11 is 16.1. The number of aryl methyl sites for hydroxylation is 1. The lowest BCUT2D eigenvalue weighted by molar-refractivity contribution is -0.139. The molecule has 0 spiro atoms. The highest BCUT2D eigenvalue weighted by atomic mass is 79.9. The Morgan fingerprint density at radius 1 is 0.949 bits per heavy atom. The van der Waals surface area contributed by atoms with Crippen LogP contribution in [-0.4, -0.2) is 43.8 Å². The van der Waals surface area contributed by atoms with Gasteiger partial charge in [0.2, 0.25) is 11.8 Å². The molecule has 208 valence electrons. The minimum atomic E-state index is -4.25. The Hall–Kier alpha value is -2.59. The van der Waals surface area contributed by atoms with E-state index >= 15 is 0 Å². The first-order valence-corrected chi connectivity index (χ1v) is 15.2. The fourth-order valence-corrected chi connectivity index (χ4v) is 5.95. The van der Waals surface area contributed by atoms with Crippen molar-refractivity contribution >= 4 is 66.7 Å². The maximum Gasteiger partial charge on any atom is 0.264 e. The lowest BCUT2D eigenvalue weighted by atomic mass is 10.1. The quantitative estimate of drug-likeness (QED) is 0.282. The molecule has 0 radical (unpaired) electrons. The number of sulfonamides is 1. The molecule has 39 heavy (non-hydrogen) atoms. The van der Waals surface area contributed by atoms with Gasteiger partial charge >= 0.3 is 0 Å². The molecule has 0 saturated carbocycles. The second-order valence-corrected chi connectivity index (χ2v) is 12.9. The van der Waals surface area contributed by atoms with Gasteiger partial charge < -0.3 is 10.2 Å². The molecule has 11 heteroatoms. The standard InChI is InChI=1S/C28H30BrCl2N3O4S/c1-18(2)32-28(36)20(4)33(16-21-10-12-22(29)13-11-21)26(35)17-34(25-7-5-6-24(30)27(25)31)39(37,38)23-14-8-19(3)9-15-23/h5-15,18,20H,16-17H2,1-4H3,(H,32,36)/t20-/m0/s1. The number of anilines is 1. The first-order valence-electron chi connectivity index (χ1n) is 12.2. The van der Waals surface area contributed by atoms with E-state index in [0.717, 1.165) is 19.9 Å². The number of rotatable bonds is 10. The first kappa shape index (κ1) is 30.9. The number of benzene rings is 3. The van der Waals surface area contributed by atoms with Gasteiger partial charge in [-0.15, -0.1) is 0 Å². The van der Waals surface area contributed by atoms with E-state index in [-0.39, 0.29) is 39.1 Å². The normalized spacial score (nSPS) is 12.2. The van der Waals surface area contributed by atoms with Crippen LogP contribution < -0.4 is 9.62 Å². The summed E-state index contributed by atoms with van der Waals surface area (Å²) in [6, 6.07) is 17.1. The van der Waals surface area contributed by atoms with Crippen molar-refractivity contribution in [1.29, 1.82) is 0 Å². The summed E-state index contributed by atoms with van der Waals surface area (Å²) in [6.07, 6.45) is 0. The van der Waals surface area contributed by atoms with Crippen molar-refractivity contribution in [2.24, 2.45) is 0 Å². The van der Waals surface area contributed by atoms with Crippen LogP contribution in [0.1, 0.15) is 31.9 Å². The van der Waals surface area contributed by atoms with Gasteiger partial charge in [0.05, 0.1) is 20.6 Å². The van der Waals surface area contributed by atoms with E-state index in [4.69, 9.17) is 23.2 Å². The lowest BCUT2D eigenvalue weighted by Crippen LogP contribution is -2.52. The van der Waals surface area contributed by atoms with Crippen molar-refractivity contribution in [3.63, 3.8) is 0 Å². The van der Waals surface area contributed by atoms with Gasteiger partial charge in [0.25, 0.3) is 10.0 Å². The number of nitrogens with zero attached hydrogens (tertiary/aromatic N) is 2. The van der Waals surface area contributed by atoms with Crippen molar-refractivity contribution in [1.82, 2.24) is 10.2 Å². The smallest absolute Gasteiger partial charge is 0.264 e. The maximum atomic E-state index is 13.9. The van der Waals surface area contributed by atoms with Gasteiger partial charge in [-0.1, -0.05) is 75.0 Å². The molecule has 0 aliphatic rings. The SMILES string of the molecule is Cc1ccc(S(=O)(=O)N(CC(=O)N(Cc2ccc(Br)cc2)[C@@H](C)C(=O)NC(C)C)c2cccc(Cl)c2Cl)cc1. The Bertz CT molecular complexity index is 1430. The Morgan fingerprint density at radius 2 is 1.56 bits per heavy atom. The Kier molecular flexibility index (Phi) is 10.5. The molecule has 0 aliphatic carbocycles. The van der Waals surface area contributed by atoms with E-state index in [1.807, 2.05) is 45.0 Å². The average Bonchev–Trinajstić information content (AvgIpc) is 2.88. The summed E-state index contributed by atoms with van der Waals surface area (Å²) in [6.45, 7) is 6.58. The third-order valence-corrected chi connectivity index (χ3v) is 9.06. The van der Waals surface area contributed by atoms with Crippen molar-refractivity contribution in [3.8, 4) is 0 Å². The van der Waals surface area contributed by atoms with Gasteiger partial charge in [-0.25, -0.2) is 8.42 Å². The summed E-state index contributed by atoms with van der Waals surface area (Å²) in [5.41, 5.74) is 1.70. The van der Waals surface area contributed by atoms with Gasteiger partial charge in [0, 0.05) is 17.1 Å². The number of carbonyl (C=O) groups excluding carboxylic acids is 2. The highest BCUT2D eigenvalue weighted by Gasteiger charge is 2.33. The van der Waals surface area contributed by atoms with Crippen LogP contribution in [0.15, 0.2) is 76.1 Å². The zero-order valence-corrected chi connectivity index (χ0v) is 25.9. The second kappa shape index (κ2) is 13.2. The Labute approximate surface area is 248 Å². The topological polar surface area (TPSA) is 86.8 Å². The molecule has 0 aliphatic heterocycles. The molecule has 0 bridgehead atoms. The molecule has 3 rings (SSSR count). The predicted molar refractivity (Wildman–Crippen MR) is 160 cm³/mol. The Balaban J connectivity index is 2.07. The first-order chi connectivity index (χ1) is 18.3. The van der Waals surface area contributed by atoms with Crippen LogP contribution in [0.2, 0.25) is 10.0 Å². The zero-order chi connectivity index (χ0) is 28.9. The monoisotopic (exact) mass is 653 g/mol. The van der Waals surface area contributed by atoms with E-state index in [9.17, 15) is 18.0 Å². The van der Waals surface area contributed by atoms with Crippen LogP contribution in [-0.2, 0) is 26.2 Å². The lowest BCUT2D eigenvalue weighted by Gasteiger charge is -2.32. The van der Waals surface area contributed by atoms with Crippen molar-refractivity contribution in [2.75, 3.05) is 10.8 Å². The van der Waals surface area contributed by atoms with Crippen LogP contribution in [0.3, 0.4) is 0 Å². The summed E-state index contributed by atoms with van der Waals surface area (Å²) in [5, 5.41) is 2.96. The summed E-state index contributed by atoms with van der Waals surface area (Å²) < 4.78 is 29.6. The predicted octanol–water partition coefficient (Wildman–Crippen LogP) is 6.20. The molecule has 1 N–H and O–H groups in total. The van der Waals surface area contributed by atoms with Crippen LogP contribution >= 0.6 is 39.1 Å². The van der Waals surface area contributed by atoms with Gasteiger partial charge in [-0.3, -0.25) is 13.9 Å². The molecular weight excluding hydrogens is 625 g/mol. The molecule has 7 nitrogen and oxygen atoms in total. The third-order valence-electron chi connectivity index (χ3n) is 5.95. The van der Waals surface area contributed by atoms with Crippen molar-refractivity contribution < 1.29 is 18.0 Å². The van der Waals surface area contributed by atoms with Crippen LogP contribution in [0, 0.1) is 6.92 Å². The number of hydrogen-bond acceptors (Lipinski definition) is 4. The third kappa shape index (κ3) is 7.75. The van der Waals surface area contributed by atoms with Crippen LogP contribution in [0.5, 0.6) is 0 Å². The molecule has 1 atom stereocenters. The zero-order valence-electron chi connectivity index (χ0n) is 22.0. The minimum absolute atomic E-state index is 0.00675. The molecule has 0 unspecified atom stereocenters. The van der Waals surface area contributed by atoms with E-state index < -0.39 is 28.5 Å². The van der Waals surface area contributed by atoms with Gasteiger partial charge in [-0.05, 0) is 69.7 Å². The summed E-state index contributed by atoms with van der Waals surface area (Å²) in [7, 11) is -4.25. The highest BCUT2D eigenvalue weighted by molar-refractivity contribution is 9.10. The molecule has 3 aromatic carbocycles. The highest BCUT2D eigenvalue weighted by Crippen LogP contribution is 2.35. The minimum Gasteiger partial charge on any atom is -0.352 e. The molecule has 0 fully saturated rings. The van der Waals surface area contributed by atoms with E-state index in [1.54, 1.807) is 25.1 Å². The molecule has 0 saturated heterocycles. The number of nitrogens with one attached hydrogen (secondary N) is 1. The maximum absolute atomic E-state index is 13.9. The largest absolute Gasteiger partial charge is 0.352 e. The molecular formula is C28H30BrCl2N3O4S. The van der Waals surface area contributed by atoms with Crippen LogP contribution in [0.25, 0.3) is 0 Å². The van der Waals surface area contributed by atoms with Crippen molar-refractivity contribution in [3.05, 3.63) is 92.4 Å². The number of amides is 2. The fourth-order valence-electron chi connectivity index (χ4n) is 3.81. The summed E-state index contributed by atoms with van der Waals surface area (Å²) in [4.78, 5) is 28.2. The fraction of sp³-hybridized carbons (Fsp3) is 0.286. The number of hydrogen-bond donors (Lipinski definition) is 1. The molecule has 0 aromatic heterocycles. The van der Waals surface area contributed by atoms with E-state index in [2.05, 4.69) is 21.2 Å². The Morgan fingerprint density at radius 3 is 2.15 bits per heavy atom.